The lowest BCUT2D eigenvalue weighted by Gasteiger charge is -2.32. The van der Waals surface area contributed by atoms with Gasteiger partial charge in [0.2, 0.25) is 0 Å². The number of carbonyl (C=O) groups is 1. The van der Waals surface area contributed by atoms with Gasteiger partial charge in [0.1, 0.15) is 0 Å². The topological polar surface area (TPSA) is 20.3 Å². The van der Waals surface area contributed by atoms with Gasteiger partial charge in [0.15, 0.2) is 0 Å². The molecule has 0 saturated carbocycles. The Bertz CT molecular complexity index is 463. The van der Waals surface area contributed by atoms with E-state index in [-0.39, 0.29) is 5.91 Å². The zero-order chi connectivity index (χ0) is 13.9. The lowest BCUT2D eigenvalue weighted by atomic mass is 9.95. The molecule has 2 aliphatic rings. The minimum absolute atomic E-state index is 0.244. The molecule has 0 aromatic carbocycles. The number of thioether (sulfide) groups is 1. The molecule has 1 unspecified atom stereocenters. The Morgan fingerprint density at radius 2 is 2.40 bits per heavy atom. The normalized spacial score (nSPS) is 22.6. The second-order valence-corrected chi connectivity index (χ2v) is 8.22. The van der Waals surface area contributed by atoms with Crippen LogP contribution in [0.2, 0.25) is 0 Å². The third-order valence-corrected chi connectivity index (χ3v) is 6.61. The van der Waals surface area contributed by atoms with Crippen LogP contribution in [0.4, 0.5) is 0 Å². The fourth-order valence-corrected chi connectivity index (χ4v) is 5.70. The standard InChI is InChI=1S/C15H20ClNOS2/c16-5-3-11-2-1-6-17(9-11)15(18)14-8-12-10-19-7-4-13(12)20-14/h8,11H,1-7,9-10H2. The van der Waals surface area contributed by atoms with Gasteiger partial charge in [0.25, 0.3) is 5.91 Å². The molecule has 2 aliphatic heterocycles. The molecule has 2 nitrogen and oxygen atoms in total. The van der Waals surface area contributed by atoms with Gasteiger partial charge in [-0.05, 0) is 49.0 Å². The van der Waals surface area contributed by atoms with Crippen LogP contribution in [0.1, 0.15) is 39.4 Å². The molecule has 0 aliphatic carbocycles. The molecule has 5 heteroatoms. The third-order valence-electron chi connectivity index (χ3n) is 4.16. The van der Waals surface area contributed by atoms with Gasteiger partial charge in [-0.25, -0.2) is 0 Å². The summed E-state index contributed by atoms with van der Waals surface area (Å²) in [5.41, 5.74) is 1.39. The summed E-state index contributed by atoms with van der Waals surface area (Å²) < 4.78 is 0. The lowest BCUT2D eigenvalue weighted by Crippen LogP contribution is -2.39. The quantitative estimate of drug-likeness (QED) is 0.781. The SMILES string of the molecule is O=C(c1cc2c(s1)CCSC2)N1CCCC(CCCl)C1. The molecule has 1 aromatic heterocycles. The molecule has 1 fully saturated rings. The molecule has 110 valence electrons. The largest absolute Gasteiger partial charge is 0.338 e. The van der Waals surface area contributed by atoms with E-state index >= 15 is 0 Å². The first-order valence-corrected chi connectivity index (χ1v) is 9.83. The highest BCUT2D eigenvalue weighted by atomic mass is 35.5. The van der Waals surface area contributed by atoms with Crippen molar-refractivity contribution < 1.29 is 4.79 Å². The molecule has 3 rings (SSSR count). The predicted octanol–water partition coefficient (Wildman–Crippen LogP) is 4.02. The Kier molecular flexibility index (Phi) is 4.95. The van der Waals surface area contributed by atoms with Crippen molar-refractivity contribution in [2.24, 2.45) is 5.92 Å². The van der Waals surface area contributed by atoms with E-state index in [9.17, 15) is 4.79 Å². The first-order chi connectivity index (χ1) is 9.78. The van der Waals surface area contributed by atoms with Crippen molar-refractivity contribution in [3.63, 3.8) is 0 Å². The van der Waals surface area contributed by atoms with Gasteiger partial charge in [0.05, 0.1) is 4.88 Å². The molecule has 0 spiro atoms. The van der Waals surface area contributed by atoms with Crippen LogP contribution in [-0.4, -0.2) is 35.5 Å². The molecule has 0 bridgehead atoms. The molecule has 1 aromatic rings. The van der Waals surface area contributed by atoms with Crippen molar-refractivity contribution in [1.82, 2.24) is 4.90 Å². The second-order valence-electron chi connectivity index (χ2n) is 5.60. The van der Waals surface area contributed by atoms with Gasteiger partial charge >= 0.3 is 0 Å². The van der Waals surface area contributed by atoms with Gasteiger partial charge in [0, 0.05) is 29.6 Å². The van der Waals surface area contributed by atoms with Crippen LogP contribution < -0.4 is 0 Å². The third kappa shape index (κ3) is 3.18. The highest BCUT2D eigenvalue weighted by molar-refractivity contribution is 7.98. The summed E-state index contributed by atoms with van der Waals surface area (Å²) in [5, 5.41) is 0. The Labute approximate surface area is 133 Å². The van der Waals surface area contributed by atoms with Crippen molar-refractivity contribution in [2.45, 2.75) is 31.4 Å². The van der Waals surface area contributed by atoms with Crippen molar-refractivity contribution in [3.8, 4) is 0 Å². The Morgan fingerprint density at radius 3 is 3.20 bits per heavy atom. The van der Waals surface area contributed by atoms with Crippen LogP contribution >= 0.6 is 34.7 Å². The first kappa shape index (κ1) is 14.7. The summed E-state index contributed by atoms with van der Waals surface area (Å²) >= 11 is 9.54. The first-order valence-electron chi connectivity index (χ1n) is 7.32. The zero-order valence-corrected chi connectivity index (χ0v) is 14.0. The van der Waals surface area contributed by atoms with E-state index in [2.05, 4.69) is 6.07 Å². The van der Waals surface area contributed by atoms with Crippen LogP contribution in [0.15, 0.2) is 6.07 Å². The highest BCUT2D eigenvalue weighted by Crippen LogP contribution is 2.33. The monoisotopic (exact) mass is 329 g/mol. The number of aryl methyl sites for hydroxylation is 1. The summed E-state index contributed by atoms with van der Waals surface area (Å²) in [5.74, 6) is 3.82. The van der Waals surface area contributed by atoms with E-state index in [0.29, 0.717) is 11.8 Å². The van der Waals surface area contributed by atoms with Gasteiger partial charge in [-0.3, -0.25) is 4.79 Å². The number of piperidine rings is 1. The smallest absolute Gasteiger partial charge is 0.263 e. The van der Waals surface area contributed by atoms with E-state index in [1.54, 1.807) is 11.3 Å². The number of amides is 1. The average molecular weight is 330 g/mol. The summed E-state index contributed by atoms with van der Waals surface area (Å²) in [6.45, 7) is 1.80. The minimum atomic E-state index is 0.244. The van der Waals surface area contributed by atoms with Crippen LogP contribution in [0.3, 0.4) is 0 Å². The number of nitrogens with zero attached hydrogens (tertiary/aromatic N) is 1. The van der Waals surface area contributed by atoms with Crippen LogP contribution in [0.5, 0.6) is 0 Å². The molecular formula is C15H20ClNOS2. The molecule has 1 saturated heterocycles. The number of carbonyl (C=O) groups excluding carboxylic acids is 1. The van der Waals surface area contributed by atoms with E-state index in [1.807, 2.05) is 16.7 Å². The highest BCUT2D eigenvalue weighted by Gasteiger charge is 2.26. The van der Waals surface area contributed by atoms with Gasteiger partial charge in [-0.15, -0.1) is 22.9 Å². The van der Waals surface area contributed by atoms with Crippen molar-refractivity contribution in [2.75, 3.05) is 24.7 Å². The maximum absolute atomic E-state index is 12.7. The Morgan fingerprint density at radius 1 is 1.50 bits per heavy atom. The number of likely N-dealkylation sites (tertiary alicyclic amines) is 1. The number of hydrogen-bond donors (Lipinski definition) is 0. The fourth-order valence-electron chi connectivity index (χ4n) is 3.05. The summed E-state index contributed by atoms with van der Waals surface area (Å²) in [4.78, 5) is 17.1. The molecule has 0 radical (unpaired) electrons. The number of rotatable bonds is 3. The summed E-state index contributed by atoms with van der Waals surface area (Å²) in [7, 11) is 0. The van der Waals surface area contributed by atoms with Crippen LogP contribution in [0.25, 0.3) is 0 Å². The maximum atomic E-state index is 12.7. The molecular weight excluding hydrogens is 310 g/mol. The minimum Gasteiger partial charge on any atom is -0.338 e. The molecule has 3 heterocycles. The second kappa shape index (κ2) is 6.71. The van der Waals surface area contributed by atoms with Crippen LogP contribution in [-0.2, 0) is 12.2 Å². The molecule has 0 N–H and O–H groups in total. The van der Waals surface area contributed by atoms with Crippen molar-refractivity contribution in [3.05, 3.63) is 21.4 Å². The van der Waals surface area contributed by atoms with Crippen molar-refractivity contribution >= 4 is 40.6 Å². The molecule has 20 heavy (non-hydrogen) atoms. The summed E-state index contributed by atoms with van der Waals surface area (Å²) in [6.07, 6.45) is 4.50. The lowest BCUT2D eigenvalue weighted by molar-refractivity contribution is 0.0676. The van der Waals surface area contributed by atoms with Gasteiger partial charge in [-0.1, -0.05) is 0 Å². The van der Waals surface area contributed by atoms with E-state index in [0.717, 1.165) is 43.0 Å². The number of hydrogen-bond acceptors (Lipinski definition) is 3. The number of thiophene rings is 1. The number of fused-ring (bicyclic) bond motifs is 1. The van der Waals surface area contributed by atoms with Gasteiger partial charge in [-0.2, -0.15) is 11.8 Å². The van der Waals surface area contributed by atoms with Gasteiger partial charge < -0.3 is 4.90 Å². The summed E-state index contributed by atoms with van der Waals surface area (Å²) in [6, 6.07) is 2.14. The Hall–Kier alpha value is -0.190. The van der Waals surface area contributed by atoms with E-state index in [4.69, 9.17) is 11.6 Å². The van der Waals surface area contributed by atoms with Crippen LogP contribution in [0, 0.1) is 5.92 Å². The molecule has 1 atom stereocenters. The van der Waals surface area contributed by atoms with E-state index < -0.39 is 0 Å². The number of alkyl halides is 1. The predicted molar refractivity (Wildman–Crippen MR) is 88.1 cm³/mol. The average Bonchev–Trinajstić information content (AvgIpc) is 2.91. The zero-order valence-electron chi connectivity index (χ0n) is 11.6. The molecule has 1 amide bonds. The van der Waals surface area contributed by atoms with E-state index in [1.165, 1.54) is 22.6 Å². The number of halogens is 1. The fraction of sp³-hybridized carbons (Fsp3) is 0.667. The Balaban J connectivity index is 1.70. The van der Waals surface area contributed by atoms with Crippen molar-refractivity contribution in [1.29, 1.82) is 0 Å². The maximum Gasteiger partial charge on any atom is 0.263 e.